The van der Waals surface area contributed by atoms with Crippen molar-refractivity contribution < 1.29 is 9.53 Å². The molecular formula is C17H22Cl2N2O2. The zero-order chi connectivity index (χ0) is 16.6. The van der Waals surface area contributed by atoms with Crippen molar-refractivity contribution in [2.75, 3.05) is 7.05 Å². The van der Waals surface area contributed by atoms with Gasteiger partial charge in [0.15, 0.2) is 6.10 Å². The Bertz CT molecular complexity index is 584. The number of piperidine rings is 1. The van der Waals surface area contributed by atoms with E-state index >= 15 is 0 Å². The molecule has 0 aromatic heterocycles. The zero-order valence-electron chi connectivity index (χ0n) is 13.4. The standard InChI is InChI=1S/C17H22Cl2N2O2/c1-10(23-15-5-3-4-14(18)16(15)19)17(22)21(2)13-8-11-6-7-12(9-13)20-11/h3-5,10-13,20H,6-9H2,1-2H3. The van der Waals surface area contributed by atoms with E-state index in [4.69, 9.17) is 27.9 Å². The summed E-state index contributed by atoms with van der Waals surface area (Å²) in [5.74, 6) is 0.422. The van der Waals surface area contributed by atoms with Gasteiger partial charge < -0.3 is 15.0 Å². The zero-order valence-corrected chi connectivity index (χ0v) is 14.9. The molecule has 126 valence electrons. The SMILES string of the molecule is CC(Oc1cccc(Cl)c1Cl)C(=O)N(C)C1CC2CCC(C1)N2. The number of fused-ring (bicyclic) bond motifs is 2. The first-order chi connectivity index (χ1) is 11.0. The second-order valence-corrected chi connectivity index (χ2v) is 7.31. The molecule has 6 heteroatoms. The number of nitrogens with zero attached hydrogens (tertiary/aromatic N) is 1. The predicted octanol–water partition coefficient (Wildman–Crippen LogP) is 3.50. The van der Waals surface area contributed by atoms with Crippen LogP contribution in [0.4, 0.5) is 0 Å². The Balaban J connectivity index is 1.63. The smallest absolute Gasteiger partial charge is 0.263 e. The second kappa shape index (κ2) is 6.88. The van der Waals surface area contributed by atoms with Crippen molar-refractivity contribution in [3.8, 4) is 5.75 Å². The third kappa shape index (κ3) is 3.59. The summed E-state index contributed by atoms with van der Waals surface area (Å²) in [7, 11) is 1.87. The summed E-state index contributed by atoms with van der Waals surface area (Å²) in [5, 5.41) is 4.36. The van der Waals surface area contributed by atoms with Gasteiger partial charge in [-0.05, 0) is 44.7 Å². The summed E-state index contributed by atoms with van der Waals surface area (Å²) >= 11 is 12.1. The lowest BCUT2D eigenvalue weighted by Crippen LogP contribution is -2.51. The third-order valence-electron chi connectivity index (χ3n) is 4.91. The average molecular weight is 357 g/mol. The van der Waals surface area contributed by atoms with E-state index in [-0.39, 0.29) is 11.9 Å². The van der Waals surface area contributed by atoms with Crippen molar-refractivity contribution in [2.24, 2.45) is 0 Å². The maximum Gasteiger partial charge on any atom is 0.263 e. The molecule has 0 radical (unpaired) electrons. The molecule has 2 saturated heterocycles. The summed E-state index contributed by atoms with van der Waals surface area (Å²) in [6.45, 7) is 1.76. The molecule has 2 heterocycles. The number of rotatable bonds is 4. The maximum absolute atomic E-state index is 12.7. The van der Waals surface area contributed by atoms with Gasteiger partial charge in [-0.1, -0.05) is 29.3 Å². The summed E-state index contributed by atoms with van der Waals surface area (Å²) < 4.78 is 5.75. The largest absolute Gasteiger partial charge is 0.479 e. The average Bonchev–Trinajstić information content (AvgIpc) is 2.88. The van der Waals surface area contributed by atoms with E-state index in [0.717, 1.165) is 12.8 Å². The van der Waals surface area contributed by atoms with Crippen molar-refractivity contribution >= 4 is 29.1 Å². The van der Waals surface area contributed by atoms with Crippen LogP contribution in [0, 0.1) is 0 Å². The number of likely N-dealkylation sites (N-methyl/N-ethyl adjacent to an activating group) is 1. The molecule has 2 aliphatic rings. The molecule has 2 fully saturated rings. The quantitative estimate of drug-likeness (QED) is 0.897. The van der Waals surface area contributed by atoms with E-state index in [1.807, 2.05) is 11.9 Å². The van der Waals surface area contributed by atoms with Crippen LogP contribution in [-0.4, -0.2) is 42.1 Å². The van der Waals surface area contributed by atoms with E-state index in [9.17, 15) is 4.79 Å². The van der Waals surface area contributed by atoms with E-state index in [1.54, 1.807) is 25.1 Å². The molecule has 0 spiro atoms. The number of carbonyl (C=O) groups excluding carboxylic acids is 1. The topological polar surface area (TPSA) is 41.6 Å². The molecule has 4 nitrogen and oxygen atoms in total. The highest BCUT2D eigenvalue weighted by Gasteiger charge is 2.37. The van der Waals surface area contributed by atoms with Gasteiger partial charge in [0.25, 0.3) is 5.91 Å². The van der Waals surface area contributed by atoms with Crippen LogP contribution < -0.4 is 10.1 Å². The molecule has 2 aliphatic heterocycles. The van der Waals surface area contributed by atoms with Gasteiger partial charge in [0.05, 0.1) is 5.02 Å². The van der Waals surface area contributed by atoms with Gasteiger partial charge in [0.1, 0.15) is 10.8 Å². The van der Waals surface area contributed by atoms with E-state index in [0.29, 0.717) is 27.9 Å². The number of benzene rings is 1. The predicted molar refractivity (Wildman–Crippen MR) is 92.3 cm³/mol. The van der Waals surface area contributed by atoms with Gasteiger partial charge in [-0.2, -0.15) is 0 Å². The highest BCUT2D eigenvalue weighted by atomic mass is 35.5. The Kier molecular flexibility index (Phi) is 5.04. The first-order valence-corrected chi connectivity index (χ1v) is 8.84. The van der Waals surface area contributed by atoms with Crippen molar-refractivity contribution in [3.63, 3.8) is 0 Å². The number of amides is 1. The minimum atomic E-state index is -0.594. The minimum absolute atomic E-state index is 0.0210. The first kappa shape index (κ1) is 16.9. The Labute approximate surface area is 147 Å². The first-order valence-electron chi connectivity index (χ1n) is 8.09. The summed E-state index contributed by atoms with van der Waals surface area (Å²) in [4.78, 5) is 14.5. The molecule has 2 bridgehead atoms. The lowest BCUT2D eigenvalue weighted by atomic mass is 9.98. The van der Waals surface area contributed by atoms with E-state index in [1.165, 1.54) is 12.8 Å². The van der Waals surface area contributed by atoms with Crippen LogP contribution in [0.3, 0.4) is 0 Å². The second-order valence-electron chi connectivity index (χ2n) is 6.52. The Morgan fingerprint density at radius 2 is 1.96 bits per heavy atom. The number of nitrogens with one attached hydrogen (secondary N) is 1. The van der Waals surface area contributed by atoms with Crippen molar-refractivity contribution in [1.82, 2.24) is 10.2 Å². The molecule has 1 N–H and O–H groups in total. The number of hydrogen-bond acceptors (Lipinski definition) is 3. The highest BCUT2D eigenvalue weighted by molar-refractivity contribution is 6.42. The van der Waals surface area contributed by atoms with Gasteiger partial charge in [0, 0.05) is 25.2 Å². The molecule has 3 rings (SSSR count). The van der Waals surface area contributed by atoms with E-state index < -0.39 is 6.10 Å². The number of ether oxygens (including phenoxy) is 1. The third-order valence-corrected chi connectivity index (χ3v) is 5.71. The Hall–Kier alpha value is -0.970. The fourth-order valence-corrected chi connectivity index (χ4v) is 3.96. The van der Waals surface area contributed by atoms with Crippen LogP contribution in [0.2, 0.25) is 10.0 Å². The molecule has 0 aliphatic carbocycles. The van der Waals surface area contributed by atoms with Crippen LogP contribution >= 0.6 is 23.2 Å². The molecule has 1 aromatic rings. The highest BCUT2D eigenvalue weighted by Crippen LogP contribution is 2.33. The van der Waals surface area contributed by atoms with Gasteiger partial charge >= 0.3 is 0 Å². The molecule has 1 aromatic carbocycles. The molecule has 0 saturated carbocycles. The van der Waals surface area contributed by atoms with Crippen LogP contribution in [-0.2, 0) is 4.79 Å². The van der Waals surface area contributed by atoms with Crippen LogP contribution in [0.1, 0.15) is 32.6 Å². The number of carbonyl (C=O) groups is 1. The molecule has 3 atom stereocenters. The number of halogens is 2. The Morgan fingerprint density at radius 1 is 1.30 bits per heavy atom. The molecule has 3 unspecified atom stereocenters. The summed E-state index contributed by atoms with van der Waals surface area (Å²) in [6.07, 6.45) is 3.87. The van der Waals surface area contributed by atoms with Crippen molar-refractivity contribution in [2.45, 2.75) is 56.8 Å². The Morgan fingerprint density at radius 3 is 2.61 bits per heavy atom. The lowest BCUT2D eigenvalue weighted by molar-refractivity contribution is -0.139. The van der Waals surface area contributed by atoms with Crippen LogP contribution in [0.15, 0.2) is 18.2 Å². The van der Waals surface area contributed by atoms with Gasteiger partial charge in [-0.25, -0.2) is 0 Å². The monoisotopic (exact) mass is 356 g/mol. The lowest BCUT2D eigenvalue weighted by Gasteiger charge is -2.36. The number of hydrogen-bond donors (Lipinski definition) is 1. The fraction of sp³-hybridized carbons (Fsp3) is 0.588. The molecular weight excluding hydrogens is 335 g/mol. The summed E-state index contributed by atoms with van der Waals surface area (Å²) in [5.41, 5.74) is 0. The van der Waals surface area contributed by atoms with Crippen molar-refractivity contribution in [1.29, 1.82) is 0 Å². The van der Waals surface area contributed by atoms with Gasteiger partial charge in [0.2, 0.25) is 0 Å². The van der Waals surface area contributed by atoms with Crippen molar-refractivity contribution in [3.05, 3.63) is 28.2 Å². The molecule has 23 heavy (non-hydrogen) atoms. The normalized spacial score (nSPS) is 27.6. The fourth-order valence-electron chi connectivity index (χ4n) is 3.63. The summed E-state index contributed by atoms with van der Waals surface area (Å²) in [6, 6.07) is 6.56. The van der Waals surface area contributed by atoms with Crippen LogP contribution in [0.5, 0.6) is 5.75 Å². The van der Waals surface area contributed by atoms with Crippen LogP contribution in [0.25, 0.3) is 0 Å². The van der Waals surface area contributed by atoms with Gasteiger partial charge in [-0.15, -0.1) is 0 Å². The molecule has 1 amide bonds. The van der Waals surface area contributed by atoms with Gasteiger partial charge in [-0.3, -0.25) is 4.79 Å². The van der Waals surface area contributed by atoms with E-state index in [2.05, 4.69) is 5.32 Å². The maximum atomic E-state index is 12.7. The minimum Gasteiger partial charge on any atom is -0.479 e.